The lowest BCUT2D eigenvalue weighted by Crippen LogP contribution is -2.39. The molecule has 0 saturated heterocycles. The number of ether oxygens (including phenoxy) is 1. The van der Waals surface area contributed by atoms with E-state index in [9.17, 15) is 4.79 Å². The molecule has 6 heteroatoms. The number of aromatic nitrogens is 2. The molecule has 0 spiro atoms. The number of aryl methyl sites for hydroxylation is 1. The molecule has 0 bridgehead atoms. The van der Waals surface area contributed by atoms with E-state index in [1.807, 2.05) is 0 Å². The Bertz CT molecular complexity index is 370. The number of H-pyrrole nitrogens is 1. The van der Waals surface area contributed by atoms with E-state index >= 15 is 0 Å². The van der Waals surface area contributed by atoms with Gasteiger partial charge in [0, 0.05) is 7.11 Å². The van der Waals surface area contributed by atoms with E-state index < -0.39 is 5.60 Å². The number of aromatic amines is 1. The number of carbonyl (C=O) groups is 1. The number of nitrogens with zero attached hydrogens (tertiary/aromatic N) is 1. The molecule has 1 amide bonds. The number of rotatable bonds is 3. The third-order valence-electron chi connectivity index (χ3n) is 2.28. The molecule has 0 fully saturated rings. The second-order valence-electron chi connectivity index (χ2n) is 3.78. The lowest BCUT2D eigenvalue weighted by molar-refractivity contribution is -0.133. The molecule has 1 rings (SSSR count). The largest absolute Gasteiger partial charge is 0.394 e. The number of hydrogen-bond acceptors (Lipinski definition) is 4. The van der Waals surface area contributed by atoms with Crippen LogP contribution >= 0.6 is 0 Å². The highest BCUT2D eigenvalue weighted by Gasteiger charge is 2.28. The van der Waals surface area contributed by atoms with Crippen LogP contribution in [0.4, 0.5) is 11.5 Å². The van der Waals surface area contributed by atoms with Crippen LogP contribution in [0.25, 0.3) is 0 Å². The molecule has 0 unspecified atom stereocenters. The molecular weight excluding hydrogens is 196 g/mol. The average Bonchev–Trinajstić information content (AvgIpc) is 2.49. The number of amides is 1. The third kappa shape index (κ3) is 2.27. The summed E-state index contributed by atoms with van der Waals surface area (Å²) in [7, 11) is 1.47. The Hall–Kier alpha value is -1.56. The van der Waals surface area contributed by atoms with Crippen molar-refractivity contribution in [2.24, 2.45) is 0 Å². The Morgan fingerprint density at radius 2 is 2.20 bits per heavy atom. The van der Waals surface area contributed by atoms with Gasteiger partial charge in [0.1, 0.15) is 5.60 Å². The molecule has 0 aliphatic rings. The predicted molar refractivity (Wildman–Crippen MR) is 57.5 cm³/mol. The molecule has 0 aromatic carbocycles. The van der Waals surface area contributed by atoms with Crippen LogP contribution in [-0.2, 0) is 9.53 Å². The number of nitrogen functional groups attached to an aromatic ring is 1. The molecule has 15 heavy (non-hydrogen) atoms. The van der Waals surface area contributed by atoms with E-state index in [0.29, 0.717) is 11.5 Å². The summed E-state index contributed by atoms with van der Waals surface area (Å²) in [5, 5.41) is 9.14. The fourth-order valence-electron chi connectivity index (χ4n) is 0.884. The summed E-state index contributed by atoms with van der Waals surface area (Å²) in [5.41, 5.74) is 5.95. The molecule has 0 saturated carbocycles. The minimum absolute atomic E-state index is 0.289. The van der Waals surface area contributed by atoms with Crippen molar-refractivity contribution in [3.05, 3.63) is 5.69 Å². The summed E-state index contributed by atoms with van der Waals surface area (Å²) in [6.45, 7) is 5.11. The van der Waals surface area contributed by atoms with Crippen LogP contribution < -0.4 is 11.1 Å². The van der Waals surface area contributed by atoms with E-state index in [1.165, 1.54) is 7.11 Å². The van der Waals surface area contributed by atoms with Crippen LogP contribution in [0.5, 0.6) is 0 Å². The summed E-state index contributed by atoms with van der Waals surface area (Å²) < 4.78 is 5.03. The number of methoxy groups -OCH3 is 1. The van der Waals surface area contributed by atoms with E-state index in [0.717, 1.165) is 5.69 Å². The van der Waals surface area contributed by atoms with Crippen LogP contribution in [0.3, 0.4) is 0 Å². The van der Waals surface area contributed by atoms with Gasteiger partial charge in [0.15, 0.2) is 5.82 Å². The Labute approximate surface area is 88.2 Å². The Kier molecular flexibility index (Phi) is 2.99. The fraction of sp³-hybridized carbons (Fsp3) is 0.556. The molecule has 0 atom stereocenters. The van der Waals surface area contributed by atoms with Crippen LogP contribution in [0, 0.1) is 6.92 Å². The highest BCUT2D eigenvalue weighted by molar-refractivity contribution is 5.98. The quantitative estimate of drug-likeness (QED) is 0.686. The molecule has 6 nitrogen and oxygen atoms in total. The van der Waals surface area contributed by atoms with Crippen molar-refractivity contribution >= 4 is 17.4 Å². The minimum atomic E-state index is -0.903. The summed E-state index contributed by atoms with van der Waals surface area (Å²) in [4.78, 5) is 11.7. The van der Waals surface area contributed by atoms with Gasteiger partial charge in [-0.3, -0.25) is 9.89 Å². The third-order valence-corrected chi connectivity index (χ3v) is 2.28. The first-order valence-electron chi connectivity index (χ1n) is 4.55. The minimum Gasteiger partial charge on any atom is -0.394 e. The van der Waals surface area contributed by atoms with Gasteiger partial charge in [-0.25, -0.2) is 0 Å². The van der Waals surface area contributed by atoms with Gasteiger partial charge in [0.2, 0.25) is 0 Å². The van der Waals surface area contributed by atoms with E-state index in [4.69, 9.17) is 10.5 Å². The van der Waals surface area contributed by atoms with Crippen LogP contribution in [-0.4, -0.2) is 28.8 Å². The van der Waals surface area contributed by atoms with Crippen molar-refractivity contribution in [1.82, 2.24) is 10.2 Å². The number of carbonyl (C=O) groups excluding carboxylic acids is 1. The molecule has 0 aliphatic heterocycles. The van der Waals surface area contributed by atoms with E-state index in [1.54, 1.807) is 20.8 Å². The molecule has 1 aromatic heterocycles. The maximum absolute atomic E-state index is 11.7. The molecule has 4 N–H and O–H groups in total. The standard InChI is InChI=1S/C9H16N4O2/c1-5-6(10)7(13-12-5)11-8(14)9(2,3)15-4/h10H2,1-4H3,(H2,11,12,13,14). The van der Waals surface area contributed by atoms with Gasteiger partial charge in [-0.2, -0.15) is 5.10 Å². The first kappa shape index (κ1) is 11.5. The second kappa shape index (κ2) is 3.90. The summed E-state index contributed by atoms with van der Waals surface area (Å²) in [6.07, 6.45) is 0. The molecular formula is C9H16N4O2. The highest BCUT2D eigenvalue weighted by Crippen LogP contribution is 2.20. The van der Waals surface area contributed by atoms with E-state index in [-0.39, 0.29) is 5.91 Å². The Morgan fingerprint density at radius 1 is 1.60 bits per heavy atom. The lowest BCUT2D eigenvalue weighted by Gasteiger charge is -2.20. The van der Waals surface area contributed by atoms with Gasteiger partial charge in [0.05, 0.1) is 11.4 Å². The highest BCUT2D eigenvalue weighted by atomic mass is 16.5. The van der Waals surface area contributed by atoms with Gasteiger partial charge < -0.3 is 15.8 Å². The predicted octanol–water partition coefficient (Wildman–Crippen LogP) is 0.664. The van der Waals surface area contributed by atoms with Crippen molar-refractivity contribution in [3.63, 3.8) is 0 Å². The lowest BCUT2D eigenvalue weighted by atomic mass is 10.1. The van der Waals surface area contributed by atoms with Gasteiger partial charge in [-0.15, -0.1) is 0 Å². The zero-order valence-electron chi connectivity index (χ0n) is 9.34. The molecule has 1 aromatic rings. The molecule has 1 heterocycles. The zero-order chi connectivity index (χ0) is 11.6. The van der Waals surface area contributed by atoms with Crippen LogP contribution in [0.1, 0.15) is 19.5 Å². The van der Waals surface area contributed by atoms with Crippen molar-refractivity contribution in [3.8, 4) is 0 Å². The number of hydrogen-bond donors (Lipinski definition) is 3. The average molecular weight is 212 g/mol. The first-order chi connectivity index (χ1) is 6.88. The maximum atomic E-state index is 11.7. The SMILES string of the molecule is COC(C)(C)C(=O)Nc1n[nH]c(C)c1N. The monoisotopic (exact) mass is 212 g/mol. The van der Waals surface area contributed by atoms with Gasteiger partial charge >= 0.3 is 0 Å². The smallest absolute Gasteiger partial charge is 0.257 e. The topological polar surface area (TPSA) is 93.0 Å². The zero-order valence-corrected chi connectivity index (χ0v) is 9.34. The van der Waals surface area contributed by atoms with E-state index in [2.05, 4.69) is 15.5 Å². The second-order valence-corrected chi connectivity index (χ2v) is 3.78. The maximum Gasteiger partial charge on any atom is 0.257 e. The van der Waals surface area contributed by atoms with Crippen molar-refractivity contribution in [2.45, 2.75) is 26.4 Å². The normalized spacial score (nSPS) is 11.5. The summed E-state index contributed by atoms with van der Waals surface area (Å²) >= 11 is 0. The molecule has 0 radical (unpaired) electrons. The van der Waals surface area contributed by atoms with Crippen molar-refractivity contribution in [1.29, 1.82) is 0 Å². The van der Waals surface area contributed by atoms with Crippen LogP contribution in [0.2, 0.25) is 0 Å². The van der Waals surface area contributed by atoms with Crippen LogP contribution in [0.15, 0.2) is 0 Å². The fourth-order valence-corrected chi connectivity index (χ4v) is 0.884. The van der Waals surface area contributed by atoms with Gasteiger partial charge in [-0.05, 0) is 20.8 Å². The molecule has 84 valence electrons. The summed E-state index contributed by atoms with van der Waals surface area (Å²) in [6, 6.07) is 0. The number of nitrogens with two attached hydrogens (primary N) is 1. The number of nitrogens with one attached hydrogen (secondary N) is 2. The van der Waals surface area contributed by atoms with Gasteiger partial charge in [0.25, 0.3) is 5.91 Å². The summed E-state index contributed by atoms with van der Waals surface area (Å²) in [5.74, 6) is 0.0471. The first-order valence-corrected chi connectivity index (χ1v) is 4.55. The van der Waals surface area contributed by atoms with Crippen molar-refractivity contribution < 1.29 is 9.53 Å². The number of anilines is 2. The Morgan fingerprint density at radius 3 is 2.60 bits per heavy atom. The Balaban J connectivity index is 2.79. The molecule has 0 aliphatic carbocycles. The van der Waals surface area contributed by atoms with Gasteiger partial charge in [-0.1, -0.05) is 0 Å². The van der Waals surface area contributed by atoms with Crippen molar-refractivity contribution in [2.75, 3.05) is 18.2 Å².